The average Bonchev–Trinajstić information content (AvgIpc) is 3.15. The molecule has 1 amide bonds. The van der Waals surface area contributed by atoms with Crippen molar-refractivity contribution in [3.63, 3.8) is 0 Å². The smallest absolute Gasteiger partial charge is 0.475 e. The Morgan fingerprint density at radius 2 is 1.62 bits per heavy atom. The number of fused-ring (bicyclic) bond motifs is 1. The number of hydrogen-bond acceptors (Lipinski definition) is 4. The summed E-state index contributed by atoms with van der Waals surface area (Å²) in [6.45, 7) is 3.31. The molecule has 11 heteroatoms. The molecule has 2 aromatic carbocycles. The van der Waals surface area contributed by atoms with Gasteiger partial charge >= 0.3 is 17.8 Å². The van der Waals surface area contributed by atoms with Gasteiger partial charge in [-0.25, -0.2) is 9.59 Å². The first-order valence-electron chi connectivity index (χ1n) is 10.7. The number of alkyl halides is 3. The summed E-state index contributed by atoms with van der Waals surface area (Å²) in [5.41, 5.74) is 2.55. The fraction of sp³-hybridized carbons (Fsp3) is 0.348. The second kappa shape index (κ2) is 11.0. The molecule has 34 heavy (non-hydrogen) atoms. The first kappa shape index (κ1) is 25.0. The Morgan fingerprint density at radius 1 is 1.03 bits per heavy atom. The Morgan fingerprint density at radius 3 is 2.24 bits per heavy atom. The fourth-order valence-corrected chi connectivity index (χ4v) is 3.86. The number of carboxylic acid groups (broad SMARTS) is 1. The van der Waals surface area contributed by atoms with E-state index in [-0.39, 0.29) is 17.6 Å². The molecule has 2 heterocycles. The Labute approximate surface area is 193 Å². The number of aliphatic carboxylic acids is 1. The number of carbonyl (C=O) groups excluding carboxylic acids is 1. The number of aromatic amines is 1. The normalized spacial score (nSPS) is 14.9. The van der Waals surface area contributed by atoms with E-state index in [4.69, 9.17) is 9.90 Å². The van der Waals surface area contributed by atoms with E-state index in [1.54, 1.807) is 0 Å². The van der Waals surface area contributed by atoms with Crippen molar-refractivity contribution in [1.82, 2.24) is 19.8 Å². The highest BCUT2D eigenvalue weighted by molar-refractivity contribution is 5.94. The van der Waals surface area contributed by atoms with Crippen LogP contribution in [0, 0.1) is 0 Å². The number of imidazole rings is 1. The van der Waals surface area contributed by atoms with Gasteiger partial charge in [0, 0.05) is 37.8 Å². The van der Waals surface area contributed by atoms with Gasteiger partial charge in [-0.1, -0.05) is 30.3 Å². The standard InChI is InChI=1S/C21H24N4O2.C2HF3O2/c26-20(16-6-2-1-3-7-16)22-12-15-24-13-10-17(11-14-24)25-19-9-5-4-8-18(19)23-21(25)27;3-2(4,5)1(6)7/h1-9,17H,10-15H2,(H,22,26)(H,23,27);(H,6,7). The lowest BCUT2D eigenvalue weighted by Crippen LogP contribution is -2.41. The van der Waals surface area contributed by atoms with Gasteiger partial charge in [0.05, 0.1) is 11.0 Å². The average molecular weight is 478 g/mol. The molecule has 0 spiro atoms. The third kappa shape index (κ3) is 6.47. The van der Waals surface area contributed by atoms with E-state index in [0.29, 0.717) is 12.1 Å². The van der Waals surface area contributed by atoms with Gasteiger partial charge in [0.2, 0.25) is 0 Å². The minimum absolute atomic E-state index is 0.0234. The molecule has 4 rings (SSSR count). The van der Waals surface area contributed by atoms with Crippen molar-refractivity contribution in [2.24, 2.45) is 0 Å². The van der Waals surface area contributed by atoms with Crippen LogP contribution in [-0.4, -0.2) is 63.8 Å². The van der Waals surface area contributed by atoms with Gasteiger partial charge in [-0.05, 0) is 37.1 Å². The van der Waals surface area contributed by atoms with Crippen molar-refractivity contribution in [2.75, 3.05) is 26.2 Å². The molecule has 0 saturated carbocycles. The van der Waals surface area contributed by atoms with Crippen molar-refractivity contribution >= 4 is 22.9 Å². The Kier molecular flexibility index (Phi) is 8.11. The Bertz CT molecular complexity index is 1170. The topological polar surface area (TPSA) is 107 Å². The molecule has 0 bridgehead atoms. The van der Waals surface area contributed by atoms with Crippen LogP contribution in [0.5, 0.6) is 0 Å². The SMILES string of the molecule is O=C(NCCN1CCC(n2c(=O)[nH]c3ccccc32)CC1)c1ccccc1.O=C(O)C(F)(F)F. The van der Waals surface area contributed by atoms with Gasteiger partial charge < -0.3 is 20.3 Å². The van der Waals surface area contributed by atoms with Crippen molar-refractivity contribution in [2.45, 2.75) is 25.1 Å². The number of amides is 1. The van der Waals surface area contributed by atoms with Crippen molar-refractivity contribution in [3.05, 3.63) is 70.6 Å². The molecule has 1 aromatic heterocycles. The number of halogens is 3. The van der Waals surface area contributed by atoms with Crippen LogP contribution >= 0.6 is 0 Å². The van der Waals surface area contributed by atoms with Crippen LogP contribution in [0.1, 0.15) is 29.2 Å². The third-order valence-electron chi connectivity index (χ3n) is 5.54. The minimum Gasteiger partial charge on any atom is -0.475 e. The monoisotopic (exact) mass is 478 g/mol. The molecule has 3 aromatic rings. The van der Waals surface area contributed by atoms with Crippen molar-refractivity contribution < 1.29 is 27.9 Å². The summed E-state index contributed by atoms with van der Waals surface area (Å²) >= 11 is 0. The zero-order valence-electron chi connectivity index (χ0n) is 18.2. The molecule has 0 aliphatic carbocycles. The van der Waals surface area contributed by atoms with Crippen molar-refractivity contribution in [1.29, 1.82) is 0 Å². The second-order valence-corrected chi connectivity index (χ2v) is 7.81. The van der Waals surface area contributed by atoms with Gasteiger partial charge in [-0.3, -0.25) is 9.36 Å². The lowest BCUT2D eigenvalue weighted by atomic mass is 10.0. The highest BCUT2D eigenvalue weighted by Gasteiger charge is 2.38. The van der Waals surface area contributed by atoms with E-state index in [1.807, 2.05) is 59.2 Å². The summed E-state index contributed by atoms with van der Waals surface area (Å²) in [5, 5.41) is 10.1. The molecule has 1 fully saturated rings. The number of carboxylic acids is 1. The summed E-state index contributed by atoms with van der Waals surface area (Å²) in [6, 6.07) is 17.4. The third-order valence-corrected chi connectivity index (χ3v) is 5.54. The molecule has 182 valence electrons. The Hall–Kier alpha value is -3.60. The lowest BCUT2D eigenvalue weighted by Gasteiger charge is -2.32. The number of aromatic nitrogens is 2. The lowest BCUT2D eigenvalue weighted by molar-refractivity contribution is -0.192. The second-order valence-electron chi connectivity index (χ2n) is 7.81. The predicted octanol–water partition coefficient (Wildman–Crippen LogP) is 3.03. The maximum atomic E-state index is 12.3. The van der Waals surface area contributed by atoms with E-state index in [1.165, 1.54) is 0 Å². The van der Waals surface area contributed by atoms with E-state index < -0.39 is 12.1 Å². The largest absolute Gasteiger partial charge is 0.490 e. The summed E-state index contributed by atoms with van der Waals surface area (Å²) in [5.74, 6) is -2.79. The first-order chi connectivity index (χ1) is 16.2. The highest BCUT2D eigenvalue weighted by atomic mass is 19.4. The number of H-pyrrole nitrogens is 1. The van der Waals surface area contributed by atoms with Crippen LogP contribution in [0.25, 0.3) is 11.0 Å². The van der Waals surface area contributed by atoms with Gasteiger partial charge in [0.1, 0.15) is 0 Å². The van der Waals surface area contributed by atoms with Crippen LogP contribution in [0.4, 0.5) is 13.2 Å². The number of nitrogens with one attached hydrogen (secondary N) is 2. The predicted molar refractivity (Wildman–Crippen MR) is 120 cm³/mol. The number of nitrogens with zero attached hydrogens (tertiary/aromatic N) is 2. The van der Waals surface area contributed by atoms with Gasteiger partial charge in [-0.15, -0.1) is 0 Å². The van der Waals surface area contributed by atoms with Crippen LogP contribution in [0.3, 0.4) is 0 Å². The van der Waals surface area contributed by atoms with Crippen LogP contribution in [0.15, 0.2) is 59.4 Å². The Balaban J connectivity index is 0.000000406. The summed E-state index contributed by atoms with van der Waals surface area (Å²) < 4.78 is 33.6. The number of carbonyl (C=O) groups is 2. The molecule has 1 aliphatic rings. The number of piperidine rings is 1. The van der Waals surface area contributed by atoms with Crippen LogP contribution in [0.2, 0.25) is 0 Å². The summed E-state index contributed by atoms with van der Waals surface area (Å²) in [4.78, 5) is 38.6. The first-order valence-corrected chi connectivity index (χ1v) is 10.7. The molecule has 0 unspecified atom stereocenters. The molecule has 1 saturated heterocycles. The van der Waals surface area contributed by atoms with Gasteiger partial charge in [-0.2, -0.15) is 13.2 Å². The summed E-state index contributed by atoms with van der Waals surface area (Å²) in [6.07, 6.45) is -3.21. The number of rotatable bonds is 5. The van der Waals surface area contributed by atoms with E-state index >= 15 is 0 Å². The molecule has 1 aliphatic heterocycles. The number of likely N-dealkylation sites (tertiary alicyclic amines) is 1. The minimum atomic E-state index is -5.08. The number of hydrogen-bond donors (Lipinski definition) is 3. The van der Waals surface area contributed by atoms with Gasteiger partial charge in [0.25, 0.3) is 5.91 Å². The van der Waals surface area contributed by atoms with E-state index in [9.17, 15) is 22.8 Å². The van der Waals surface area contributed by atoms with Crippen molar-refractivity contribution in [3.8, 4) is 0 Å². The highest BCUT2D eigenvalue weighted by Crippen LogP contribution is 2.24. The molecule has 3 N–H and O–H groups in total. The van der Waals surface area contributed by atoms with E-state index in [2.05, 4.69) is 15.2 Å². The van der Waals surface area contributed by atoms with Crippen LogP contribution in [-0.2, 0) is 4.79 Å². The zero-order chi connectivity index (χ0) is 24.7. The van der Waals surface area contributed by atoms with E-state index in [0.717, 1.165) is 43.5 Å². The number of para-hydroxylation sites is 2. The van der Waals surface area contributed by atoms with Crippen LogP contribution < -0.4 is 11.0 Å². The molecule has 0 atom stereocenters. The molecular formula is C23H25F3N4O4. The molecule has 8 nitrogen and oxygen atoms in total. The fourth-order valence-electron chi connectivity index (χ4n) is 3.86. The molecule has 0 radical (unpaired) electrons. The zero-order valence-corrected chi connectivity index (χ0v) is 18.2. The van der Waals surface area contributed by atoms with Gasteiger partial charge in [0.15, 0.2) is 0 Å². The summed E-state index contributed by atoms with van der Waals surface area (Å²) in [7, 11) is 0. The quantitative estimate of drug-likeness (QED) is 0.523. The maximum absolute atomic E-state index is 12.3. The molecular weight excluding hydrogens is 453 g/mol. The maximum Gasteiger partial charge on any atom is 0.490 e. The number of benzene rings is 2.